The second-order valence-electron chi connectivity index (χ2n) is 4.17. The second-order valence-corrected chi connectivity index (χ2v) is 5.09. The monoisotopic (exact) mass is 350 g/mol. The minimum absolute atomic E-state index is 0. The summed E-state index contributed by atoms with van der Waals surface area (Å²) in [6, 6.07) is 0. The van der Waals surface area contributed by atoms with Crippen molar-refractivity contribution in [2.75, 3.05) is 37.6 Å². The van der Waals surface area contributed by atoms with Crippen LogP contribution < -0.4 is 4.90 Å². The fraction of sp³-hybridized carbons (Fsp3) is 0.545. The summed E-state index contributed by atoms with van der Waals surface area (Å²) in [5.74, 6) is -0.00948. The van der Waals surface area contributed by atoms with Crippen LogP contribution in [0.5, 0.6) is 0 Å². The molecule has 2 rings (SSSR count). The van der Waals surface area contributed by atoms with E-state index in [4.69, 9.17) is 5.11 Å². The van der Waals surface area contributed by atoms with Crippen molar-refractivity contribution in [2.24, 2.45) is 0 Å². The maximum absolute atomic E-state index is 10.5. The number of aromatic nitrogens is 2. The molecule has 0 radical (unpaired) electrons. The Morgan fingerprint density at radius 1 is 1.26 bits per heavy atom. The predicted molar refractivity (Wildman–Crippen MR) is 77.9 cm³/mol. The van der Waals surface area contributed by atoms with E-state index in [9.17, 15) is 4.79 Å². The molecule has 1 saturated heterocycles. The van der Waals surface area contributed by atoms with Crippen molar-refractivity contribution in [3.8, 4) is 0 Å². The Balaban J connectivity index is 0.00000180. The van der Waals surface area contributed by atoms with Crippen molar-refractivity contribution >= 4 is 40.3 Å². The van der Waals surface area contributed by atoms with Crippen molar-refractivity contribution in [1.29, 1.82) is 0 Å². The van der Waals surface area contributed by atoms with Gasteiger partial charge in [0.2, 0.25) is 5.95 Å². The fourth-order valence-corrected chi connectivity index (χ4v) is 2.10. The highest BCUT2D eigenvalue weighted by atomic mass is 79.9. The molecule has 106 valence electrons. The third-order valence-electron chi connectivity index (χ3n) is 2.90. The molecule has 1 aliphatic heterocycles. The van der Waals surface area contributed by atoms with Gasteiger partial charge in [-0.1, -0.05) is 0 Å². The molecule has 0 unspecified atom stereocenters. The van der Waals surface area contributed by atoms with Crippen LogP contribution in [-0.2, 0) is 4.79 Å². The van der Waals surface area contributed by atoms with Crippen LogP contribution in [0.4, 0.5) is 5.95 Å². The number of carboxylic acid groups (broad SMARTS) is 1. The lowest BCUT2D eigenvalue weighted by atomic mass is 10.3. The standard InChI is InChI=1S/C11H15BrN4O2.ClH/c12-9-7-13-11(14-8-9)16-5-3-15(4-6-16)2-1-10(17)18;/h7-8H,1-6H2,(H,17,18);1H. The molecule has 1 N–H and O–H groups in total. The minimum Gasteiger partial charge on any atom is -0.481 e. The van der Waals surface area contributed by atoms with E-state index in [0.29, 0.717) is 6.54 Å². The molecule has 1 aromatic rings. The Morgan fingerprint density at radius 2 is 1.84 bits per heavy atom. The zero-order valence-electron chi connectivity index (χ0n) is 10.3. The van der Waals surface area contributed by atoms with Crippen LogP contribution in [0.1, 0.15) is 6.42 Å². The Hall–Kier alpha value is -0.920. The van der Waals surface area contributed by atoms with Gasteiger partial charge in [0.15, 0.2) is 0 Å². The fourth-order valence-electron chi connectivity index (χ4n) is 1.89. The normalized spacial score (nSPS) is 15.9. The molecule has 8 heteroatoms. The number of halogens is 2. The second kappa shape index (κ2) is 7.62. The molecular weight excluding hydrogens is 336 g/mol. The van der Waals surface area contributed by atoms with Gasteiger partial charge in [-0.3, -0.25) is 9.69 Å². The Morgan fingerprint density at radius 3 is 2.37 bits per heavy atom. The quantitative estimate of drug-likeness (QED) is 0.881. The molecule has 0 amide bonds. The van der Waals surface area contributed by atoms with Gasteiger partial charge in [-0.05, 0) is 15.9 Å². The highest BCUT2D eigenvalue weighted by Gasteiger charge is 2.18. The molecule has 19 heavy (non-hydrogen) atoms. The van der Waals surface area contributed by atoms with Gasteiger partial charge in [-0.15, -0.1) is 12.4 Å². The van der Waals surface area contributed by atoms with Gasteiger partial charge in [0, 0.05) is 45.1 Å². The van der Waals surface area contributed by atoms with E-state index in [1.807, 2.05) is 0 Å². The van der Waals surface area contributed by atoms with Gasteiger partial charge in [0.05, 0.1) is 10.9 Å². The van der Waals surface area contributed by atoms with E-state index in [0.717, 1.165) is 36.6 Å². The SMILES string of the molecule is Cl.O=C(O)CCN1CCN(c2ncc(Br)cn2)CC1. The minimum atomic E-state index is -0.742. The lowest BCUT2D eigenvalue weighted by Crippen LogP contribution is -2.47. The number of nitrogens with zero attached hydrogens (tertiary/aromatic N) is 4. The smallest absolute Gasteiger partial charge is 0.304 e. The summed E-state index contributed by atoms with van der Waals surface area (Å²) in [7, 11) is 0. The number of rotatable bonds is 4. The van der Waals surface area contributed by atoms with Gasteiger partial charge >= 0.3 is 5.97 Å². The summed E-state index contributed by atoms with van der Waals surface area (Å²) in [6.45, 7) is 3.99. The Kier molecular flexibility index (Phi) is 6.47. The van der Waals surface area contributed by atoms with Gasteiger partial charge in [-0.25, -0.2) is 9.97 Å². The first-order chi connectivity index (χ1) is 8.65. The number of hydrogen-bond donors (Lipinski definition) is 1. The number of anilines is 1. The molecular formula is C11H16BrClN4O2. The van der Waals surface area contributed by atoms with E-state index < -0.39 is 5.97 Å². The number of carbonyl (C=O) groups is 1. The molecule has 6 nitrogen and oxygen atoms in total. The van der Waals surface area contributed by atoms with Crippen molar-refractivity contribution in [3.05, 3.63) is 16.9 Å². The van der Waals surface area contributed by atoms with Crippen LogP contribution >= 0.6 is 28.3 Å². The van der Waals surface area contributed by atoms with Crippen LogP contribution in [-0.4, -0.2) is 58.7 Å². The summed E-state index contributed by atoms with van der Waals surface area (Å²) in [5, 5.41) is 8.64. The third-order valence-corrected chi connectivity index (χ3v) is 3.31. The summed E-state index contributed by atoms with van der Waals surface area (Å²) >= 11 is 3.31. The number of hydrogen-bond acceptors (Lipinski definition) is 5. The van der Waals surface area contributed by atoms with Gasteiger partial charge < -0.3 is 10.0 Å². The summed E-state index contributed by atoms with van der Waals surface area (Å²) < 4.78 is 0.867. The van der Waals surface area contributed by atoms with Crippen molar-refractivity contribution in [1.82, 2.24) is 14.9 Å². The first kappa shape index (κ1) is 16.1. The Bertz CT molecular complexity index is 410. The maximum Gasteiger partial charge on any atom is 0.304 e. The first-order valence-corrected chi connectivity index (χ1v) is 6.61. The molecule has 1 aromatic heterocycles. The summed E-state index contributed by atoms with van der Waals surface area (Å²) in [5.41, 5.74) is 0. The largest absolute Gasteiger partial charge is 0.481 e. The molecule has 0 spiro atoms. The van der Waals surface area contributed by atoms with E-state index >= 15 is 0 Å². The summed E-state index contributed by atoms with van der Waals surface area (Å²) in [4.78, 5) is 23.3. The molecule has 2 heterocycles. The predicted octanol–water partition coefficient (Wildman–Crippen LogP) is 1.26. The highest BCUT2D eigenvalue weighted by molar-refractivity contribution is 9.10. The van der Waals surface area contributed by atoms with E-state index in [2.05, 4.69) is 35.7 Å². The Labute approximate surface area is 126 Å². The molecule has 0 atom stereocenters. The molecule has 1 aliphatic rings. The molecule has 0 saturated carbocycles. The van der Waals surface area contributed by atoms with Gasteiger partial charge in [0.1, 0.15) is 0 Å². The average Bonchev–Trinajstić information content (AvgIpc) is 2.38. The van der Waals surface area contributed by atoms with Crippen LogP contribution in [0.2, 0.25) is 0 Å². The van der Waals surface area contributed by atoms with Gasteiger partial charge in [-0.2, -0.15) is 0 Å². The molecule has 0 bridgehead atoms. The zero-order valence-corrected chi connectivity index (χ0v) is 12.7. The summed E-state index contributed by atoms with van der Waals surface area (Å²) in [6.07, 6.45) is 3.67. The van der Waals surface area contributed by atoms with Crippen molar-refractivity contribution in [3.63, 3.8) is 0 Å². The zero-order chi connectivity index (χ0) is 13.0. The lowest BCUT2D eigenvalue weighted by molar-refractivity contribution is -0.137. The number of piperazine rings is 1. The van der Waals surface area contributed by atoms with Gasteiger partial charge in [0.25, 0.3) is 0 Å². The van der Waals surface area contributed by atoms with E-state index in [1.165, 1.54) is 0 Å². The average molecular weight is 352 g/mol. The number of carboxylic acids is 1. The van der Waals surface area contributed by atoms with Crippen LogP contribution in [0, 0.1) is 0 Å². The lowest BCUT2D eigenvalue weighted by Gasteiger charge is -2.34. The number of aliphatic carboxylic acids is 1. The van der Waals surface area contributed by atoms with Crippen molar-refractivity contribution < 1.29 is 9.90 Å². The van der Waals surface area contributed by atoms with Crippen molar-refractivity contribution in [2.45, 2.75) is 6.42 Å². The van der Waals surface area contributed by atoms with Crippen LogP contribution in [0.3, 0.4) is 0 Å². The van der Waals surface area contributed by atoms with E-state index in [1.54, 1.807) is 12.4 Å². The van der Waals surface area contributed by atoms with Crippen LogP contribution in [0.25, 0.3) is 0 Å². The van der Waals surface area contributed by atoms with E-state index in [-0.39, 0.29) is 18.8 Å². The molecule has 0 aromatic carbocycles. The molecule has 0 aliphatic carbocycles. The highest BCUT2D eigenvalue weighted by Crippen LogP contribution is 2.13. The van der Waals surface area contributed by atoms with Crippen LogP contribution in [0.15, 0.2) is 16.9 Å². The maximum atomic E-state index is 10.5. The topological polar surface area (TPSA) is 69.6 Å². The third kappa shape index (κ3) is 4.93. The molecule has 1 fully saturated rings. The first-order valence-electron chi connectivity index (χ1n) is 5.82.